The van der Waals surface area contributed by atoms with E-state index >= 15 is 0 Å². The van der Waals surface area contributed by atoms with Crippen LogP contribution in [-0.4, -0.2) is 12.6 Å². The maximum Gasteiger partial charge on any atom is 0.349 e. The molecule has 2 N–H and O–H groups in total. The summed E-state index contributed by atoms with van der Waals surface area (Å²) < 4.78 is 22.9. The number of halogens is 2. The van der Waals surface area contributed by atoms with Gasteiger partial charge in [0.2, 0.25) is 5.88 Å². The first-order chi connectivity index (χ1) is 20.7. The molecule has 0 radical (unpaired) electrons. The number of nitrogens with zero attached hydrogens (tertiary/aromatic N) is 1. The van der Waals surface area contributed by atoms with E-state index < -0.39 is 11.9 Å². The van der Waals surface area contributed by atoms with Gasteiger partial charge in [-0.25, -0.2) is 4.79 Å². The number of benzene rings is 4. The van der Waals surface area contributed by atoms with E-state index in [-0.39, 0.29) is 30.4 Å². The van der Waals surface area contributed by atoms with E-state index in [2.05, 4.69) is 19.9 Å². The van der Waals surface area contributed by atoms with Crippen molar-refractivity contribution in [1.29, 1.82) is 5.26 Å². The average molecular weight is 616 g/mol. The van der Waals surface area contributed by atoms with Gasteiger partial charge >= 0.3 is 5.97 Å². The quantitative estimate of drug-likeness (QED) is 0.151. The van der Waals surface area contributed by atoms with Gasteiger partial charge in [0.25, 0.3) is 0 Å². The van der Waals surface area contributed by atoms with Crippen molar-refractivity contribution in [2.24, 2.45) is 5.73 Å². The molecule has 0 aromatic heterocycles. The van der Waals surface area contributed by atoms with Crippen LogP contribution < -0.4 is 24.7 Å². The van der Waals surface area contributed by atoms with Crippen molar-refractivity contribution in [3.05, 3.63) is 129 Å². The van der Waals surface area contributed by atoms with Gasteiger partial charge in [-0.1, -0.05) is 73.4 Å². The molecule has 218 valence electrons. The van der Waals surface area contributed by atoms with Crippen LogP contribution in [0.5, 0.6) is 23.0 Å². The smallest absolute Gasteiger partial charge is 0.349 e. The second-order valence-electron chi connectivity index (χ2n) is 10.2. The van der Waals surface area contributed by atoms with Gasteiger partial charge in [-0.2, -0.15) is 5.26 Å². The number of nitrogens with two attached hydrogens (primary N) is 1. The molecule has 9 heteroatoms. The normalized spacial score (nSPS) is 14.0. The summed E-state index contributed by atoms with van der Waals surface area (Å²) in [5.74, 6) is 1.04. The molecule has 4 aromatic carbocycles. The summed E-state index contributed by atoms with van der Waals surface area (Å²) in [5.41, 5.74) is 9.85. The Kier molecular flexibility index (Phi) is 9.10. The number of allylic oxidation sites excluding steroid dienone is 1. The fraction of sp³-hybridized carbons (Fsp3) is 0.176. The third kappa shape index (κ3) is 7.06. The second-order valence-corrected chi connectivity index (χ2v) is 11.1. The molecule has 5 rings (SSSR count). The van der Waals surface area contributed by atoms with Crippen molar-refractivity contribution in [2.75, 3.05) is 6.61 Å². The lowest BCUT2D eigenvalue weighted by Gasteiger charge is -2.27. The predicted octanol–water partition coefficient (Wildman–Crippen LogP) is 7.90. The average Bonchev–Trinajstić information content (AvgIpc) is 2.99. The number of rotatable bonds is 9. The zero-order chi connectivity index (χ0) is 30.5. The van der Waals surface area contributed by atoms with Crippen LogP contribution in [0.15, 0.2) is 96.4 Å². The number of hydrogen-bond acceptors (Lipinski definition) is 7. The zero-order valence-electron chi connectivity index (χ0n) is 23.5. The van der Waals surface area contributed by atoms with E-state index in [1.54, 1.807) is 36.4 Å². The number of carbonyl (C=O) groups excluding carboxylic acids is 1. The van der Waals surface area contributed by atoms with Crippen LogP contribution in [0, 0.1) is 11.3 Å². The number of nitriles is 1. The molecular formula is C34H28Cl2N2O5. The van der Waals surface area contributed by atoms with Crippen LogP contribution in [0.1, 0.15) is 47.9 Å². The molecule has 43 heavy (non-hydrogen) atoms. The molecular weight excluding hydrogens is 587 g/mol. The zero-order valence-corrected chi connectivity index (χ0v) is 25.0. The molecule has 0 fully saturated rings. The van der Waals surface area contributed by atoms with Crippen molar-refractivity contribution in [3.8, 4) is 29.1 Å². The number of esters is 1. The summed E-state index contributed by atoms with van der Waals surface area (Å²) >= 11 is 12.3. The summed E-state index contributed by atoms with van der Waals surface area (Å²) in [4.78, 5) is 12.5. The molecule has 0 spiro atoms. The van der Waals surface area contributed by atoms with Crippen molar-refractivity contribution in [1.82, 2.24) is 0 Å². The minimum atomic E-state index is -0.577. The lowest BCUT2D eigenvalue weighted by Crippen LogP contribution is -2.21. The summed E-state index contributed by atoms with van der Waals surface area (Å²) in [7, 11) is 0. The van der Waals surface area contributed by atoms with Crippen molar-refractivity contribution < 1.29 is 23.7 Å². The highest BCUT2D eigenvalue weighted by atomic mass is 35.5. The lowest BCUT2D eigenvalue weighted by molar-refractivity contribution is -0.136. The van der Waals surface area contributed by atoms with Crippen LogP contribution in [0.25, 0.3) is 0 Å². The largest absolute Gasteiger partial charge is 0.489 e. The topological polar surface area (TPSA) is 104 Å². The number of fused-ring (bicyclic) bond motifs is 1. The third-order valence-electron chi connectivity index (χ3n) is 6.93. The van der Waals surface area contributed by atoms with Gasteiger partial charge < -0.3 is 24.7 Å². The first-order valence-corrected chi connectivity index (χ1v) is 14.3. The molecule has 7 nitrogen and oxygen atoms in total. The standard InChI is InChI=1S/C34H28Cl2N2O5/c1-20(2)21-7-10-25(11-8-21)41-19-32(39)42-27-12-13-28-31(16-27)43-34(38)29(17-37)33(28)22-4-3-5-26(14-22)40-18-23-6-9-24(35)15-30(23)36/h3-16,20,33H,18-19,38H2,1-2H3. The van der Waals surface area contributed by atoms with E-state index in [1.807, 2.05) is 48.5 Å². The number of hydrogen-bond donors (Lipinski definition) is 1. The maximum absolute atomic E-state index is 12.5. The van der Waals surface area contributed by atoms with E-state index in [4.69, 9.17) is 47.9 Å². The van der Waals surface area contributed by atoms with Gasteiger partial charge in [0.1, 0.15) is 41.2 Å². The first kappa shape index (κ1) is 29.8. The van der Waals surface area contributed by atoms with Crippen LogP contribution in [0.2, 0.25) is 10.0 Å². The second kappa shape index (κ2) is 13.1. The Balaban J connectivity index is 1.31. The fourth-order valence-corrected chi connectivity index (χ4v) is 5.14. The molecule has 0 saturated carbocycles. The highest BCUT2D eigenvalue weighted by Crippen LogP contribution is 2.44. The Bertz CT molecular complexity index is 1730. The first-order valence-electron chi connectivity index (χ1n) is 13.5. The molecule has 1 aliphatic rings. The SMILES string of the molecule is CC(C)c1ccc(OCC(=O)Oc2ccc3c(c2)OC(N)=C(C#N)C3c2cccc(OCc3ccc(Cl)cc3Cl)c2)cc1. The summed E-state index contributed by atoms with van der Waals surface area (Å²) in [6.07, 6.45) is 0. The summed E-state index contributed by atoms with van der Waals surface area (Å²) in [6.45, 7) is 4.18. The monoisotopic (exact) mass is 614 g/mol. The molecule has 0 amide bonds. The lowest BCUT2D eigenvalue weighted by atomic mass is 9.83. The molecule has 1 heterocycles. The van der Waals surface area contributed by atoms with Gasteiger partial charge in [-0.15, -0.1) is 0 Å². The van der Waals surface area contributed by atoms with E-state index in [1.165, 1.54) is 5.56 Å². The Morgan fingerprint density at radius 3 is 2.44 bits per heavy atom. The van der Waals surface area contributed by atoms with Gasteiger partial charge in [0, 0.05) is 27.2 Å². The van der Waals surface area contributed by atoms with E-state index in [0.29, 0.717) is 38.8 Å². The maximum atomic E-state index is 12.5. The minimum Gasteiger partial charge on any atom is -0.489 e. The van der Waals surface area contributed by atoms with E-state index in [9.17, 15) is 10.1 Å². The fourth-order valence-electron chi connectivity index (χ4n) is 4.68. The molecule has 4 aromatic rings. The van der Waals surface area contributed by atoms with E-state index in [0.717, 1.165) is 11.1 Å². The highest BCUT2D eigenvalue weighted by molar-refractivity contribution is 6.35. The Morgan fingerprint density at radius 2 is 1.72 bits per heavy atom. The number of carbonyl (C=O) groups is 1. The molecule has 0 aliphatic carbocycles. The Labute approximate surface area is 260 Å². The van der Waals surface area contributed by atoms with Crippen molar-refractivity contribution in [2.45, 2.75) is 32.3 Å². The minimum absolute atomic E-state index is 0.0316. The van der Waals surface area contributed by atoms with Gasteiger partial charge in [-0.05, 0) is 59.5 Å². The van der Waals surface area contributed by atoms with Crippen molar-refractivity contribution >= 4 is 29.2 Å². The predicted molar refractivity (Wildman–Crippen MR) is 165 cm³/mol. The van der Waals surface area contributed by atoms with Crippen LogP contribution in [-0.2, 0) is 11.4 Å². The summed E-state index contributed by atoms with van der Waals surface area (Å²) in [6, 6.07) is 27.3. The Morgan fingerprint density at radius 1 is 0.953 bits per heavy atom. The molecule has 1 aliphatic heterocycles. The van der Waals surface area contributed by atoms with Crippen LogP contribution in [0.4, 0.5) is 0 Å². The number of ether oxygens (including phenoxy) is 4. The van der Waals surface area contributed by atoms with Crippen LogP contribution >= 0.6 is 23.2 Å². The Hall–Kier alpha value is -4.64. The summed E-state index contributed by atoms with van der Waals surface area (Å²) in [5, 5.41) is 11.0. The van der Waals surface area contributed by atoms with Gasteiger partial charge in [-0.3, -0.25) is 0 Å². The third-order valence-corrected chi connectivity index (χ3v) is 7.51. The van der Waals surface area contributed by atoms with Gasteiger partial charge in [0.15, 0.2) is 6.61 Å². The molecule has 0 saturated heterocycles. The van der Waals surface area contributed by atoms with Crippen molar-refractivity contribution in [3.63, 3.8) is 0 Å². The molecule has 1 atom stereocenters. The highest BCUT2D eigenvalue weighted by Gasteiger charge is 2.31. The van der Waals surface area contributed by atoms with Crippen LogP contribution in [0.3, 0.4) is 0 Å². The molecule has 0 bridgehead atoms. The van der Waals surface area contributed by atoms with Gasteiger partial charge in [0.05, 0.1) is 5.92 Å². The molecule has 1 unspecified atom stereocenters.